The number of carbonyl (C=O) groups is 3. The van der Waals surface area contributed by atoms with Gasteiger partial charge in [-0.1, -0.05) is 11.8 Å². The summed E-state index contributed by atoms with van der Waals surface area (Å²) < 4.78 is 21.6. The van der Waals surface area contributed by atoms with Crippen LogP contribution in [0, 0.1) is 5.92 Å². The second kappa shape index (κ2) is 12.6. The molecule has 3 aliphatic rings. The van der Waals surface area contributed by atoms with E-state index in [1.807, 2.05) is 22.4 Å². The van der Waals surface area contributed by atoms with Crippen molar-refractivity contribution in [3.63, 3.8) is 0 Å². The zero-order valence-corrected chi connectivity index (χ0v) is 23.8. The molecule has 1 amide bonds. The Bertz CT molecular complexity index is 1200. The summed E-state index contributed by atoms with van der Waals surface area (Å²) in [5, 5.41) is 2.56. The van der Waals surface area contributed by atoms with Crippen molar-refractivity contribution in [2.75, 3.05) is 40.5 Å². The molecule has 39 heavy (non-hydrogen) atoms. The Hall–Kier alpha value is -3.47. The lowest BCUT2D eigenvalue weighted by molar-refractivity contribution is -0.151. The van der Waals surface area contributed by atoms with Crippen molar-refractivity contribution in [2.45, 2.75) is 46.1 Å². The predicted octanol–water partition coefficient (Wildman–Crippen LogP) is 4.03. The molecule has 0 spiro atoms. The Morgan fingerprint density at radius 2 is 1.74 bits per heavy atom. The van der Waals surface area contributed by atoms with Crippen LogP contribution in [0.15, 0.2) is 45.6 Å². The summed E-state index contributed by atoms with van der Waals surface area (Å²) in [4.78, 5) is 47.4. The Balaban J connectivity index is 1.66. The number of methoxy groups -OCH3 is 2. The van der Waals surface area contributed by atoms with Gasteiger partial charge in [-0.05, 0) is 56.7 Å². The van der Waals surface area contributed by atoms with Gasteiger partial charge in [0.05, 0.1) is 57.1 Å². The first-order valence-electron chi connectivity index (χ1n) is 13.1. The van der Waals surface area contributed by atoms with E-state index in [4.69, 9.17) is 23.9 Å². The summed E-state index contributed by atoms with van der Waals surface area (Å²) in [7, 11) is 3.13. The maximum Gasteiger partial charge on any atom is 0.338 e. The molecule has 3 aliphatic heterocycles. The van der Waals surface area contributed by atoms with Crippen LogP contribution in [-0.4, -0.2) is 73.3 Å². The highest BCUT2D eigenvalue weighted by Gasteiger charge is 2.42. The molecule has 1 fully saturated rings. The largest absolute Gasteiger partial charge is 0.497 e. The normalized spacial score (nSPS) is 20.6. The summed E-state index contributed by atoms with van der Waals surface area (Å²) in [5.41, 5.74) is 2.38. The molecule has 1 saturated heterocycles. The van der Waals surface area contributed by atoms with Gasteiger partial charge in [0, 0.05) is 24.9 Å². The van der Waals surface area contributed by atoms with Gasteiger partial charge in [-0.3, -0.25) is 9.59 Å². The first-order valence-corrected chi connectivity index (χ1v) is 14.0. The maximum atomic E-state index is 13.5. The smallest absolute Gasteiger partial charge is 0.338 e. The molecule has 0 aliphatic carbocycles. The van der Waals surface area contributed by atoms with Crippen molar-refractivity contribution in [3.8, 4) is 11.5 Å². The molecular formula is C28H35N3O7S. The van der Waals surface area contributed by atoms with Crippen LogP contribution in [-0.2, 0) is 23.9 Å². The molecule has 0 radical (unpaired) electrons. The number of ether oxygens (including phenoxy) is 4. The van der Waals surface area contributed by atoms with Crippen LogP contribution in [0.4, 0.5) is 0 Å². The number of hydrogen-bond donors (Lipinski definition) is 0. The van der Waals surface area contributed by atoms with Gasteiger partial charge in [0.25, 0.3) is 0 Å². The number of amides is 1. The number of hydrogen-bond acceptors (Lipinski definition) is 10. The second-order valence-electron chi connectivity index (χ2n) is 9.37. The van der Waals surface area contributed by atoms with Crippen molar-refractivity contribution < 1.29 is 33.3 Å². The Kier molecular flexibility index (Phi) is 9.21. The lowest BCUT2D eigenvalue weighted by Crippen LogP contribution is -2.44. The molecule has 210 valence electrons. The van der Waals surface area contributed by atoms with E-state index in [1.54, 1.807) is 46.0 Å². The lowest BCUT2D eigenvalue weighted by Gasteiger charge is -2.37. The quantitative estimate of drug-likeness (QED) is 0.416. The number of aliphatic imine (C=N–C) groups is 1. The fourth-order valence-electron chi connectivity index (χ4n) is 5.07. The van der Waals surface area contributed by atoms with E-state index in [2.05, 4.69) is 0 Å². The van der Waals surface area contributed by atoms with Gasteiger partial charge in [-0.15, -0.1) is 0 Å². The molecular weight excluding hydrogens is 522 g/mol. The van der Waals surface area contributed by atoms with Crippen molar-refractivity contribution in [2.24, 2.45) is 10.9 Å². The number of likely N-dealkylation sites (tertiary alicyclic amines) is 1. The second-order valence-corrected chi connectivity index (χ2v) is 10.2. The fraction of sp³-hybridized carbons (Fsp3) is 0.500. The third-order valence-corrected chi connectivity index (χ3v) is 7.80. The number of carbonyl (C=O) groups excluding carboxylic acids is 3. The summed E-state index contributed by atoms with van der Waals surface area (Å²) in [6.07, 6.45) is 1.53. The average molecular weight is 558 g/mol. The zero-order valence-electron chi connectivity index (χ0n) is 23.0. The summed E-state index contributed by atoms with van der Waals surface area (Å²) >= 11 is 1.40. The van der Waals surface area contributed by atoms with Crippen LogP contribution >= 0.6 is 11.8 Å². The molecule has 2 atom stereocenters. The van der Waals surface area contributed by atoms with Crippen LogP contribution in [0.5, 0.6) is 11.5 Å². The number of fused-ring (bicyclic) bond motifs is 1. The lowest BCUT2D eigenvalue weighted by atomic mass is 9.93. The first-order chi connectivity index (χ1) is 18.8. The van der Waals surface area contributed by atoms with Gasteiger partial charge in [-0.2, -0.15) is 0 Å². The van der Waals surface area contributed by atoms with Crippen LogP contribution in [0.3, 0.4) is 0 Å². The van der Waals surface area contributed by atoms with E-state index in [0.29, 0.717) is 59.8 Å². The number of piperidine rings is 1. The van der Waals surface area contributed by atoms with E-state index in [9.17, 15) is 14.4 Å². The fourth-order valence-corrected chi connectivity index (χ4v) is 6.03. The Labute approximate surface area is 233 Å². The van der Waals surface area contributed by atoms with E-state index in [0.717, 1.165) is 12.0 Å². The first kappa shape index (κ1) is 28.5. The van der Waals surface area contributed by atoms with Gasteiger partial charge >= 0.3 is 11.9 Å². The molecule has 2 unspecified atom stereocenters. The predicted molar refractivity (Wildman–Crippen MR) is 147 cm³/mol. The highest BCUT2D eigenvalue weighted by molar-refractivity contribution is 8.16. The van der Waals surface area contributed by atoms with Crippen LogP contribution in [0.1, 0.15) is 51.6 Å². The highest BCUT2D eigenvalue weighted by Crippen LogP contribution is 2.46. The molecule has 0 bridgehead atoms. The summed E-state index contributed by atoms with van der Waals surface area (Å²) in [6, 6.07) is 4.85. The van der Waals surface area contributed by atoms with E-state index < -0.39 is 12.0 Å². The van der Waals surface area contributed by atoms with Crippen molar-refractivity contribution >= 4 is 34.8 Å². The van der Waals surface area contributed by atoms with Crippen LogP contribution in [0.25, 0.3) is 0 Å². The number of rotatable bonds is 9. The molecule has 10 nitrogen and oxygen atoms in total. The van der Waals surface area contributed by atoms with Crippen LogP contribution in [0.2, 0.25) is 0 Å². The highest BCUT2D eigenvalue weighted by atomic mass is 32.2. The minimum atomic E-state index is -0.608. The molecule has 0 aromatic heterocycles. The third kappa shape index (κ3) is 6.08. The van der Waals surface area contributed by atoms with Gasteiger partial charge in [0.1, 0.15) is 11.5 Å². The zero-order chi connectivity index (χ0) is 28.1. The Morgan fingerprint density at radius 1 is 1.05 bits per heavy atom. The van der Waals surface area contributed by atoms with Gasteiger partial charge < -0.3 is 28.7 Å². The third-order valence-electron chi connectivity index (χ3n) is 6.91. The van der Waals surface area contributed by atoms with E-state index in [-0.39, 0.29) is 30.8 Å². The summed E-state index contributed by atoms with van der Waals surface area (Å²) in [5.74, 6) is -0.00637. The number of amidine groups is 1. The minimum absolute atomic E-state index is 0.0916. The number of nitrogens with zero attached hydrogens (tertiary/aromatic N) is 3. The molecule has 11 heteroatoms. The molecule has 0 saturated carbocycles. The SMILES string of the molecule is CCOC(=O)C1=C(C)N=C2SC=C(CC(=O)N3CCCC(C(=O)OCC)C3)N2C1c1cc(OC)cc(OC)c1. The number of thioether (sulfide) groups is 1. The number of esters is 2. The van der Waals surface area contributed by atoms with Gasteiger partial charge in [0.15, 0.2) is 5.17 Å². The molecule has 4 rings (SSSR count). The van der Waals surface area contributed by atoms with Crippen molar-refractivity contribution in [1.29, 1.82) is 0 Å². The molecule has 1 aromatic rings. The van der Waals surface area contributed by atoms with Crippen molar-refractivity contribution in [1.82, 2.24) is 9.80 Å². The maximum absolute atomic E-state index is 13.5. The van der Waals surface area contributed by atoms with Crippen molar-refractivity contribution in [3.05, 3.63) is 46.1 Å². The van der Waals surface area contributed by atoms with E-state index in [1.165, 1.54) is 11.8 Å². The number of allylic oxidation sites excluding steroid dienone is 1. The Morgan fingerprint density at radius 3 is 2.38 bits per heavy atom. The van der Waals surface area contributed by atoms with E-state index >= 15 is 0 Å². The number of benzene rings is 1. The topological polar surface area (TPSA) is 107 Å². The monoisotopic (exact) mass is 557 g/mol. The average Bonchev–Trinajstić information content (AvgIpc) is 3.33. The molecule has 0 N–H and O–H groups in total. The molecule has 3 heterocycles. The summed E-state index contributed by atoms with van der Waals surface area (Å²) in [6.45, 7) is 6.77. The van der Waals surface area contributed by atoms with Crippen LogP contribution < -0.4 is 9.47 Å². The van der Waals surface area contributed by atoms with Gasteiger partial charge in [0.2, 0.25) is 5.91 Å². The minimum Gasteiger partial charge on any atom is -0.497 e. The van der Waals surface area contributed by atoms with Gasteiger partial charge in [-0.25, -0.2) is 9.79 Å². The molecule has 1 aromatic carbocycles. The standard InChI is InChI=1S/C28H35N3O7S/c1-6-37-26(33)18-9-8-10-30(15-18)23(32)13-20-16-39-28-29-17(3)24(27(34)38-7-2)25(31(20)28)19-11-21(35-4)14-22(12-19)36-5/h11-12,14,16,18,25H,6-10,13,15H2,1-5H3.